The van der Waals surface area contributed by atoms with E-state index in [1.807, 2.05) is 0 Å². The Labute approximate surface area is 268 Å². The molecule has 4 N–H and O–H groups in total. The highest BCUT2D eigenvalue weighted by Gasteiger charge is 2.59. The maximum Gasteiger partial charge on any atom is 0.413 e. The Morgan fingerprint density at radius 2 is 1.59 bits per heavy atom. The zero-order valence-corrected chi connectivity index (χ0v) is 27.8. The van der Waals surface area contributed by atoms with Crippen LogP contribution in [0.3, 0.4) is 0 Å². The Bertz CT molecular complexity index is 1590. The molecule has 0 aliphatic carbocycles. The summed E-state index contributed by atoms with van der Waals surface area (Å²) in [7, 11) is 0. The van der Waals surface area contributed by atoms with Crippen LogP contribution in [0.1, 0.15) is 106 Å². The van der Waals surface area contributed by atoms with Crippen LogP contribution in [0.5, 0.6) is 5.75 Å². The normalized spacial score (nSPS) is 14.7. The third-order valence-corrected chi connectivity index (χ3v) is 7.71. The van der Waals surface area contributed by atoms with Crippen LogP contribution in [0.25, 0.3) is 0 Å². The Morgan fingerprint density at radius 1 is 0.957 bits per heavy atom. The minimum Gasteiger partial charge on any atom is -0.481 e. The molecule has 0 radical (unpaired) electrons. The van der Waals surface area contributed by atoms with E-state index >= 15 is 0 Å². The molecule has 248 valence electrons. The third kappa shape index (κ3) is 7.38. The van der Waals surface area contributed by atoms with Crippen LogP contribution in [0.15, 0.2) is 36.4 Å². The van der Waals surface area contributed by atoms with Crippen molar-refractivity contribution in [3.63, 3.8) is 0 Å². The molecule has 12 nitrogen and oxygen atoms in total. The van der Waals surface area contributed by atoms with Gasteiger partial charge in [0.2, 0.25) is 0 Å². The van der Waals surface area contributed by atoms with E-state index in [-0.39, 0.29) is 35.6 Å². The van der Waals surface area contributed by atoms with E-state index < -0.39 is 58.4 Å². The SMILES string of the molecule is CC(C)(C)OC(=O)NC(=N)c1ccc2c(c1)CCc1c(cccc1C(=O)N(C(C)(C)C)[C@@](CC(=O)O)(C(=O)O)C(C)(C)C)C(=O)O2. The molecule has 0 bridgehead atoms. The Hall–Kier alpha value is -4.74. The van der Waals surface area contributed by atoms with Crippen LogP contribution in [0.4, 0.5) is 4.79 Å². The molecular formula is C34H43N3O9. The number of hydrogen-bond acceptors (Lipinski definition) is 8. The molecule has 2 aromatic rings. The van der Waals surface area contributed by atoms with Crippen molar-refractivity contribution in [2.24, 2.45) is 5.41 Å². The number of nitrogens with one attached hydrogen (secondary N) is 2. The lowest BCUT2D eigenvalue weighted by Crippen LogP contribution is -2.69. The fraction of sp³-hybridized carbons (Fsp3) is 0.471. The predicted molar refractivity (Wildman–Crippen MR) is 169 cm³/mol. The second-order valence-corrected chi connectivity index (χ2v) is 14.3. The zero-order chi connectivity index (χ0) is 35.0. The highest BCUT2D eigenvalue weighted by atomic mass is 16.6. The lowest BCUT2D eigenvalue weighted by Gasteiger charge is -2.53. The minimum absolute atomic E-state index is 0.0450. The smallest absolute Gasteiger partial charge is 0.413 e. The van der Waals surface area contributed by atoms with Gasteiger partial charge in [-0.1, -0.05) is 26.8 Å². The van der Waals surface area contributed by atoms with Crippen molar-refractivity contribution < 1.29 is 43.7 Å². The van der Waals surface area contributed by atoms with E-state index in [0.717, 1.165) is 4.90 Å². The second-order valence-electron chi connectivity index (χ2n) is 14.3. The first-order valence-electron chi connectivity index (χ1n) is 14.9. The van der Waals surface area contributed by atoms with Crippen molar-refractivity contribution >= 4 is 35.7 Å². The van der Waals surface area contributed by atoms with Gasteiger partial charge in [-0.2, -0.15) is 0 Å². The first-order chi connectivity index (χ1) is 21.0. The van der Waals surface area contributed by atoms with Crippen molar-refractivity contribution in [3.8, 4) is 5.75 Å². The molecule has 3 rings (SSSR count). The van der Waals surface area contributed by atoms with Crippen molar-refractivity contribution in [3.05, 3.63) is 64.2 Å². The molecule has 46 heavy (non-hydrogen) atoms. The van der Waals surface area contributed by atoms with Crippen LogP contribution < -0.4 is 10.1 Å². The first kappa shape index (κ1) is 35.7. The van der Waals surface area contributed by atoms with Gasteiger partial charge in [-0.15, -0.1) is 0 Å². The van der Waals surface area contributed by atoms with Gasteiger partial charge in [0.15, 0.2) is 5.54 Å². The Morgan fingerprint density at radius 3 is 2.11 bits per heavy atom. The number of benzene rings is 2. The summed E-state index contributed by atoms with van der Waals surface area (Å²) < 4.78 is 10.9. The molecule has 0 saturated heterocycles. The number of carboxylic acids is 2. The number of carboxylic acid groups (broad SMARTS) is 2. The van der Waals surface area contributed by atoms with Gasteiger partial charge in [-0.3, -0.25) is 20.3 Å². The molecule has 1 heterocycles. The van der Waals surface area contributed by atoms with Crippen molar-refractivity contribution in [2.45, 2.75) is 98.3 Å². The summed E-state index contributed by atoms with van der Waals surface area (Å²) in [5.41, 5.74) is -3.98. The van der Waals surface area contributed by atoms with Gasteiger partial charge in [-0.05, 0) is 101 Å². The number of nitrogens with zero attached hydrogens (tertiary/aromatic N) is 1. The quantitative estimate of drug-likeness (QED) is 0.139. The number of hydrogen-bond donors (Lipinski definition) is 4. The summed E-state index contributed by atoms with van der Waals surface area (Å²) in [4.78, 5) is 66.5. The molecule has 0 aromatic heterocycles. The topological polar surface area (TPSA) is 183 Å². The van der Waals surface area contributed by atoms with Gasteiger partial charge in [0.1, 0.15) is 17.2 Å². The second kappa shape index (κ2) is 12.6. The van der Waals surface area contributed by atoms with Gasteiger partial charge in [0, 0.05) is 16.7 Å². The van der Waals surface area contributed by atoms with Crippen LogP contribution in [0, 0.1) is 10.8 Å². The molecule has 0 spiro atoms. The minimum atomic E-state index is -2.16. The van der Waals surface area contributed by atoms with Crippen molar-refractivity contribution in [1.82, 2.24) is 10.2 Å². The van der Waals surface area contributed by atoms with Gasteiger partial charge in [0.25, 0.3) is 5.91 Å². The van der Waals surface area contributed by atoms with E-state index in [9.17, 15) is 34.2 Å². The fourth-order valence-corrected chi connectivity index (χ4v) is 5.73. The fourth-order valence-electron chi connectivity index (χ4n) is 5.73. The summed E-state index contributed by atoms with van der Waals surface area (Å²) >= 11 is 0. The first-order valence-corrected chi connectivity index (χ1v) is 14.9. The molecule has 0 unspecified atom stereocenters. The molecule has 0 fully saturated rings. The molecule has 2 amide bonds. The molecule has 1 atom stereocenters. The highest BCUT2D eigenvalue weighted by molar-refractivity contribution is 6.06. The van der Waals surface area contributed by atoms with E-state index in [1.165, 1.54) is 30.3 Å². The monoisotopic (exact) mass is 637 g/mol. The lowest BCUT2D eigenvalue weighted by molar-refractivity contribution is -0.169. The number of amides is 2. The summed E-state index contributed by atoms with van der Waals surface area (Å²) in [6.07, 6.45) is -1.25. The summed E-state index contributed by atoms with van der Waals surface area (Å²) in [6, 6.07) is 9.15. The average Bonchev–Trinajstić information content (AvgIpc) is 2.87. The largest absolute Gasteiger partial charge is 0.481 e. The van der Waals surface area contributed by atoms with E-state index in [1.54, 1.807) is 68.4 Å². The number of ether oxygens (including phenoxy) is 2. The van der Waals surface area contributed by atoms with Gasteiger partial charge < -0.3 is 24.6 Å². The van der Waals surface area contributed by atoms with E-state index in [2.05, 4.69) is 5.32 Å². The number of esters is 1. The van der Waals surface area contributed by atoms with E-state index in [4.69, 9.17) is 14.9 Å². The highest BCUT2D eigenvalue weighted by Crippen LogP contribution is 2.44. The summed E-state index contributed by atoms with van der Waals surface area (Å²) in [6.45, 7) is 14.7. The number of aliphatic carboxylic acids is 2. The summed E-state index contributed by atoms with van der Waals surface area (Å²) in [5, 5.41) is 31.2. The molecule has 1 aliphatic heterocycles. The Balaban J connectivity index is 2.10. The van der Waals surface area contributed by atoms with Crippen LogP contribution in [-0.2, 0) is 27.2 Å². The number of fused-ring (bicyclic) bond motifs is 2. The average molecular weight is 638 g/mol. The van der Waals surface area contributed by atoms with E-state index in [0.29, 0.717) is 16.7 Å². The maximum atomic E-state index is 14.6. The number of carbonyl (C=O) groups is 5. The molecular weight excluding hydrogens is 594 g/mol. The molecule has 2 aromatic carbocycles. The number of aryl methyl sites for hydroxylation is 1. The maximum absolute atomic E-state index is 14.6. The van der Waals surface area contributed by atoms with Crippen LogP contribution in [0.2, 0.25) is 0 Å². The number of amidine groups is 1. The zero-order valence-electron chi connectivity index (χ0n) is 27.8. The summed E-state index contributed by atoms with van der Waals surface area (Å²) in [5.74, 6) is -4.31. The standard InChI is InChI=1S/C34H43N3O9/c1-31(2,3)34(29(42)43,18-25(38)39)37(32(4,5)6)27(40)22-11-10-12-23-21(22)15-13-19-17-20(14-16-24(19)45-28(23)41)26(35)36-30(44)46-33(7,8)9/h10-12,14,16-17H,13,15,18H2,1-9H3,(H,38,39)(H,42,43)(H2,35,36,44)/t34-/m0/s1. The van der Waals surface area contributed by atoms with Crippen LogP contribution in [-0.4, -0.2) is 67.5 Å². The number of alkyl carbamates (subject to hydrolysis) is 1. The van der Waals surface area contributed by atoms with Crippen LogP contribution >= 0.6 is 0 Å². The molecule has 0 saturated carbocycles. The van der Waals surface area contributed by atoms with Gasteiger partial charge in [-0.25, -0.2) is 14.4 Å². The number of carbonyl (C=O) groups excluding carboxylic acids is 3. The van der Waals surface area contributed by atoms with Crippen molar-refractivity contribution in [2.75, 3.05) is 0 Å². The number of rotatable bonds is 6. The molecule has 1 aliphatic rings. The van der Waals surface area contributed by atoms with Gasteiger partial charge in [0.05, 0.1) is 12.0 Å². The predicted octanol–water partition coefficient (Wildman–Crippen LogP) is 5.44. The molecule has 12 heteroatoms. The Kier molecular flexibility index (Phi) is 9.77. The lowest BCUT2D eigenvalue weighted by atomic mass is 9.68. The third-order valence-electron chi connectivity index (χ3n) is 7.71. The van der Waals surface area contributed by atoms with Gasteiger partial charge >= 0.3 is 24.0 Å². The van der Waals surface area contributed by atoms with Crippen molar-refractivity contribution in [1.29, 1.82) is 5.41 Å².